The summed E-state index contributed by atoms with van der Waals surface area (Å²) >= 11 is 11.4. The van der Waals surface area contributed by atoms with Crippen LogP contribution in [0.5, 0.6) is 6.01 Å². The summed E-state index contributed by atoms with van der Waals surface area (Å²) in [5.74, 6) is 0. The summed E-state index contributed by atoms with van der Waals surface area (Å²) < 4.78 is 5.36. The van der Waals surface area contributed by atoms with Crippen LogP contribution in [0.1, 0.15) is 5.56 Å². The van der Waals surface area contributed by atoms with Crippen molar-refractivity contribution >= 4 is 23.2 Å². The molecule has 0 bridgehead atoms. The number of ether oxygens (including phenoxy) is 1. The van der Waals surface area contributed by atoms with E-state index in [-0.39, 0.29) is 16.3 Å². The molecular formula is C11H8Cl2N2O. The zero-order valence-corrected chi connectivity index (χ0v) is 9.74. The maximum Gasteiger partial charge on any atom is 0.319 e. The van der Waals surface area contributed by atoms with E-state index >= 15 is 0 Å². The van der Waals surface area contributed by atoms with Crippen molar-refractivity contribution in [3.63, 3.8) is 0 Å². The monoisotopic (exact) mass is 254 g/mol. The summed E-state index contributed by atoms with van der Waals surface area (Å²) in [6, 6.07) is 11.4. The van der Waals surface area contributed by atoms with Gasteiger partial charge in [-0.1, -0.05) is 53.5 Å². The Kier molecular flexibility index (Phi) is 3.59. The lowest BCUT2D eigenvalue weighted by Gasteiger charge is -2.04. The Labute approximate surface area is 103 Å². The average Bonchev–Trinajstić information content (AvgIpc) is 2.27. The lowest BCUT2D eigenvalue weighted by Crippen LogP contribution is -1.99. The Hall–Kier alpha value is -1.32. The molecule has 16 heavy (non-hydrogen) atoms. The Morgan fingerprint density at radius 1 is 1.00 bits per heavy atom. The van der Waals surface area contributed by atoms with Gasteiger partial charge in [0.2, 0.25) is 0 Å². The number of rotatable bonds is 3. The van der Waals surface area contributed by atoms with Crippen LogP contribution in [0.3, 0.4) is 0 Å². The smallest absolute Gasteiger partial charge is 0.319 e. The second kappa shape index (κ2) is 5.14. The van der Waals surface area contributed by atoms with E-state index in [4.69, 9.17) is 27.9 Å². The van der Waals surface area contributed by atoms with Crippen molar-refractivity contribution in [3.8, 4) is 6.01 Å². The van der Waals surface area contributed by atoms with Gasteiger partial charge in [0, 0.05) is 6.07 Å². The molecule has 0 aliphatic carbocycles. The topological polar surface area (TPSA) is 35.0 Å². The fraction of sp³-hybridized carbons (Fsp3) is 0.0909. The molecule has 0 aliphatic rings. The van der Waals surface area contributed by atoms with E-state index in [9.17, 15) is 0 Å². The first-order chi connectivity index (χ1) is 7.74. The first kappa shape index (κ1) is 11.2. The molecule has 1 aromatic heterocycles. The molecule has 0 spiro atoms. The van der Waals surface area contributed by atoms with Crippen molar-refractivity contribution < 1.29 is 4.74 Å². The average molecular weight is 255 g/mol. The van der Waals surface area contributed by atoms with Crippen molar-refractivity contribution in [2.75, 3.05) is 0 Å². The van der Waals surface area contributed by atoms with E-state index in [2.05, 4.69) is 9.97 Å². The van der Waals surface area contributed by atoms with E-state index in [0.717, 1.165) is 5.56 Å². The maximum atomic E-state index is 5.72. The van der Waals surface area contributed by atoms with Gasteiger partial charge < -0.3 is 4.74 Å². The molecule has 0 fully saturated rings. The highest BCUT2D eigenvalue weighted by Crippen LogP contribution is 2.16. The molecule has 0 N–H and O–H groups in total. The third kappa shape index (κ3) is 3.08. The molecular weight excluding hydrogens is 247 g/mol. The van der Waals surface area contributed by atoms with Crippen LogP contribution in [-0.4, -0.2) is 9.97 Å². The number of nitrogens with zero attached hydrogens (tertiary/aromatic N) is 2. The van der Waals surface area contributed by atoms with Crippen LogP contribution in [0.15, 0.2) is 36.4 Å². The first-order valence-electron chi connectivity index (χ1n) is 4.61. The number of hydrogen-bond acceptors (Lipinski definition) is 3. The minimum atomic E-state index is 0.182. The molecule has 0 amide bonds. The maximum absolute atomic E-state index is 5.72. The van der Waals surface area contributed by atoms with Crippen LogP contribution >= 0.6 is 23.2 Å². The quantitative estimate of drug-likeness (QED) is 0.789. The Morgan fingerprint density at radius 3 is 2.25 bits per heavy atom. The van der Waals surface area contributed by atoms with Gasteiger partial charge in [0.25, 0.3) is 0 Å². The number of hydrogen-bond donors (Lipinski definition) is 0. The minimum Gasteiger partial charge on any atom is -0.459 e. The number of benzene rings is 1. The normalized spacial score (nSPS) is 10.1. The Bertz CT molecular complexity index is 456. The summed E-state index contributed by atoms with van der Waals surface area (Å²) in [5, 5.41) is 0.533. The SMILES string of the molecule is Clc1cc(Cl)nc(OCc2ccccc2)n1. The fourth-order valence-electron chi connectivity index (χ4n) is 1.16. The van der Waals surface area contributed by atoms with E-state index < -0.39 is 0 Å². The molecule has 82 valence electrons. The molecule has 2 aromatic rings. The third-order valence-corrected chi connectivity index (χ3v) is 2.24. The molecule has 2 rings (SSSR count). The van der Waals surface area contributed by atoms with Crippen molar-refractivity contribution in [2.24, 2.45) is 0 Å². The number of aromatic nitrogens is 2. The van der Waals surface area contributed by atoms with Gasteiger partial charge in [-0.15, -0.1) is 0 Å². The molecule has 3 nitrogen and oxygen atoms in total. The lowest BCUT2D eigenvalue weighted by molar-refractivity contribution is 0.281. The number of halogens is 2. The van der Waals surface area contributed by atoms with Crippen molar-refractivity contribution in [1.29, 1.82) is 0 Å². The Balaban J connectivity index is 2.05. The van der Waals surface area contributed by atoms with Gasteiger partial charge in [0.15, 0.2) is 0 Å². The molecule has 1 aromatic carbocycles. The molecule has 0 saturated carbocycles. The van der Waals surface area contributed by atoms with Crippen molar-refractivity contribution in [2.45, 2.75) is 6.61 Å². The second-order valence-electron chi connectivity index (χ2n) is 3.07. The molecule has 0 saturated heterocycles. The molecule has 0 radical (unpaired) electrons. The standard InChI is InChI=1S/C11H8Cl2N2O/c12-9-6-10(13)15-11(14-9)16-7-8-4-2-1-3-5-8/h1-6H,7H2. The summed E-state index contributed by atoms with van der Waals surface area (Å²) in [5.41, 5.74) is 1.03. The summed E-state index contributed by atoms with van der Waals surface area (Å²) in [6.45, 7) is 0.386. The summed E-state index contributed by atoms with van der Waals surface area (Å²) in [7, 11) is 0. The zero-order chi connectivity index (χ0) is 11.4. The van der Waals surface area contributed by atoms with Gasteiger partial charge in [-0.05, 0) is 5.56 Å². The predicted molar refractivity (Wildman–Crippen MR) is 62.8 cm³/mol. The lowest BCUT2D eigenvalue weighted by atomic mass is 10.2. The highest BCUT2D eigenvalue weighted by atomic mass is 35.5. The van der Waals surface area contributed by atoms with Crippen LogP contribution in [0, 0.1) is 0 Å². The highest BCUT2D eigenvalue weighted by molar-refractivity contribution is 6.33. The molecule has 1 heterocycles. The predicted octanol–water partition coefficient (Wildman–Crippen LogP) is 3.36. The van der Waals surface area contributed by atoms with Gasteiger partial charge in [0.05, 0.1) is 0 Å². The van der Waals surface area contributed by atoms with Crippen LogP contribution in [0.25, 0.3) is 0 Å². The van der Waals surface area contributed by atoms with Gasteiger partial charge >= 0.3 is 6.01 Å². The fourth-order valence-corrected chi connectivity index (χ4v) is 1.56. The highest BCUT2D eigenvalue weighted by Gasteiger charge is 2.02. The largest absolute Gasteiger partial charge is 0.459 e. The van der Waals surface area contributed by atoms with Gasteiger partial charge in [-0.2, -0.15) is 9.97 Å². The van der Waals surface area contributed by atoms with E-state index in [1.807, 2.05) is 30.3 Å². The summed E-state index contributed by atoms with van der Waals surface area (Å²) in [4.78, 5) is 7.79. The van der Waals surface area contributed by atoms with Crippen LogP contribution < -0.4 is 4.74 Å². The molecule has 0 unspecified atom stereocenters. The van der Waals surface area contributed by atoms with E-state index in [0.29, 0.717) is 6.61 Å². The molecule has 0 aliphatic heterocycles. The van der Waals surface area contributed by atoms with E-state index in [1.54, 1.807) is 0 Å². The van der Waals surface area contributed by atoms with Gasteiger partial charge in [0.1, 0.15) is 16.9 Å². The van der Waals surface area contributed by atoms with Crippen molar-refractivity contribution in [3.05, 3.63) is 52.3 Å². The zero-order valence-electron chi connectivity index (χ0n) is 8.23. The van der Waals surface area contributed by atoms with Crippen LogP contribution in [0.2, 0.25) is 10.3 Å². The third-order valence-electron chi connectivity index (χ3n) is 1.85. The van der Waals surface area contributed by atoms with E-state index in [1.165, 1.54) is 6.07 Å². The van der Waals surface area contributed by atoms with Gasteiger partial charge in [-0.3, -0.25) is 0 Å². The van der Waals surface area contributed by atoms with Crippen LogP contribution in [0.4, 0.5) is 0 Å². The first-order valence-corrected chi connectivity index (χ1v) is 5.36. The van der Waals surface area contributed by atoms with Gasteiger partial charge in [-0.25, -0.2) is 0 Å². The second-order valence-corrected chi connectivity index (χ2v) is 3.84. The Morgan fingerprint density at radius 2 is 1.62 bits per heavy atom. The molecule has 5 heteroatoms. The molecule has 0 atom stereocenters. The van der Waals surface area contributed by atoms with Crippen molar-refractivity contribution in [1.82, 2.24) is 9.97 Å². The minimum absolute atomic E-state index is 0.182. The van der Waals surface area contributed by atoms with Crippen LogP contribution in [-0.2, 0) is 6.61 Å². The summed E-state index contributed by atoms with van der Waals surface area (Å²) in [6.07, 6.45) is 0.